The minimum absolute atomic E-state index is 0.0250. The number of carboxylic acids is 2. The fourth-order valence-corrected chi connectivity index (χ4v) is 10.1. The molecule has 2 aliphatic heterocycles. The van der Waals surface area contributed by atoms with Gasteiger partial charge in [-0.25, -0.2) is 4.99 Å². The summed E-state index contributed by atoms with van der Waals surface area (Å²) in [5.74, 6) is -1.40. The number of carbonyl (C=O) groups excluding carboxylic acids is 2. The van der Waals surface area contributed by atoms with Crippen molar-refractivity contribution < 1.29 is 29.4 Å². The molecule has 10 N–H and O–H groups in total. The van der Waals surface area contributed by atoms with Gasteiger partial charge in [-0.2, -0.15) is 23.5 Å². The minimum atomic E-state index is -0.909. The molecule has 6 bridgehead atoms. The Morgan fingerprint density at radius 2 is 1.28 bits per heavy atom. The number of hydrogen-bond donors (Lipinski definition) is 8. The van der Waals surface area contributed by atoms with Crippen molar-refractivity contribution in [2.45, 2.75) is 96.2 Å². The van der Waals surface area contributed by atoms with Gasteiger partial charge in [0, 0.05) is 78.1 Å². The van der Waals surface area contributed by atoms with Crippen molar-refractivity contribution in [3.05, 3.63) is 90.2 Å². The van der Waals surface area contributed by atoms with Crippen molar-refractivity contribution in [3.8, 4) is 0 Å². The molecule has 0 saturated carbocycles. The number of aliphatic imine (C=N–C) groups is 1. The molecule has 0 unspecified atom stereocenters. The number of H-pyrrole nitrogens is 2. The second-order valence-electron chi connectivity index (χ2n) is 14.8. The normalized spacial score (nSPS) is 18.1. The zero-order chi connectivity index (χ0) is 41.9. The lowest BCUT2D eigenvalue weighted by Gasteiger charge is -2.29. The quantitative estimate of drug-likeness (QED) is 0.102. The van der Waals surface area contributed by atoms with Crippen LogP contribution in [0.25, 0.3) is 12.2 Å². The summed E-state index contributed by atoms with van der Waals surface area (Å²) in [7, 11) is 3.15. The number of allylic oxidation sites excluding steroid dienone is 7. The van der Waals surface area contributed by atoms with E-state index in [4.69, 9.17) is 16.5 Å². The Bertz CT molecular complexity index is 2170. The fourth-order valence-electron chi connectivity index (χ4n) is 7.82. The number of aromatic nitrogens is 2. The number of hydrogen-bond acceptors (Lipinski definition) is 9. The van der Waals surface area contributed by atoms with Gasteiger partial charge in [-0.3, -0.25) is 19.2 Å². The molecule has 4 heterocycles. The Morgan fingerprint density at radius 1 is 0.737 bits per heavy atom. The van der Waals surface area contributed by atoms with E-state index >= 15 is 0 Å². The maximum Gasteiger partial charge on any atom is 0.303 e. The van der Waals surface area contributed by atoms with Crippen LogP contribution >= 0.6 is 23.5 Å². The van der Waals surface area contributed by atoms with Crippen LogP contribution in [0.1, 0.15) is 109 Å². The zero-order valence-corrected chi connectivity index (χ0v) is 35.6. The molecule has 57 heavy (non-hydrogen) atoms. The summed E-state index contributed by atoms with van der Waals surface area (Å²) in [6.45, 7) is 12.4. The lowest BCUT2D eigenvalue weighted by Crippen LogP contribution is -2.40. The Labute approximate surface area is 342 Å². The lowest BCUT2D eigenvalue weighted by atomic mass is 9.74. The number of nitrogens with one attached hydrogen (secondary N) is 4. The van der Waals surface area contributed by atoms with E-state index in [0.717, 1.165) is 78.5 Å². The van der Waals surface area contributed by atoms with Gasteiger partial charge in [0.2, 0.25) is 11.8 Å². The maximum absolute atomic E-state index is 12.3. The van der Waals surface area contributed by atoms with Crippen LogP contribution < -0.4 is 22.1 Å². The Morgan fingerprint density at radius 3 is 1.84 bits per heavy atom. The topological polar surface area (TPSA) is 229 Å². The third-order valence-corrected chi connectivity index (χ3v) is 13.7. The number of carbonyl (C=O) groups is 4. The summed E-state index contributed by atoms with van der Waals surface area (Å²) in [5.41, 5.74) is 27.4. The van der Waals surface area contributed by atoms with E-state index in [9.17, 15) is 29.4 Å². The zero-order valence-electron chi connectivity index (χ0n) is 33.9. The molecule has 2 aromatic rings. The van der Waals surface area contributed by atoms with Gasteiger partial charge in [0.25, 0.3) is 0 Å². The van der Waals surface area contributed by atoms with Gasteiger partial charge in [0.15, 0.2) is 0 Å². The molecule has 4 atom stereocenters. The van der Waals surface area contributed by atoms with Gasteiger partial charge in [-0.1, -0.05) is 0 Å². The first-order chi connectivity index (χ1) is 27.0. The smallest absolute Gasteiger partial charge is 0.303 e. The number of aliphatic carboxylic acids is 2. The van der Waals surface area contributed by atoms with Crippen LogP contribution in [0.2, 0.25) is 0 Å². The molecule has 2 aromatic heterocycles. The minimum Gasteiger partial charge on any atom is -0.481 e. The van der Waals surface area contributed by atoms with Crippen LogP contribution in [0.4, 0.5) is 0 Å². The van der Waals surface area contributed by atoms with Gasteiger partial charge >= 0.3 is 11.9 Å². The number of nitrogens with two attached hydrogens (primary N) is 2. The second-order valence-corrected chi connectivity index (χ2v) is 17.6. The summed E-state index contributed by atoms with van der Waals surface area (Å²) in [6, 6.07) is -1.33. The van der Waals surface area contributed by atoms with E-state index in [1.165, 1.54) is 0 Å². The van der Waals surface area contributed by atoms with Crippen LogP contribution in [0.15, 0.2) is 50.2 Å². The summed E-state index contributed by atoms with van der Waals surface area (Å²) in [6.07, 6.45) is 7.20. The summed E-state index contributed by atoms with van der Waals surface area (Å²) >= 11 is 3.21. The van der Waals surface area contributed by atoms with Gasteiger partial charge in [0.1, 0.15) is 0 Å². The molecule has 2 amide bonds. The van der Waals surface area contributed by atoms with Crippen LogP contribution in [0.3, 0.4) is 0 Å². The Hall–Kier alpha value is -4.57. The first-order valence-electron chi connectivity index (χ1n) is 19.2. The number of aromatic amines is 2. The van der Waals surface area contributed by atoms with E-state index in [0.29, 0.717) is 35.8 Å². The molecule has 0 radical (unpaired) electrons. The van der Waals surface area contributed by atoms with Crippen molar-refractivity contribution in [2.24, 2.45) is 16.5 Å². The average Bonchev–Trinajstić information content (AvgIpc) is 3.76. The Balaban J connectivity index is 1.73. The van der Waals surface area contributed by atoms with Gasteiger partial charge in [-0.05, 0) is 128 Å². The van der Waals surface area contributed by atoms with Crippen LogP contribution in [0.5, 0.6) is 0 Å². The molecular formula is C42H55N7O6S2. The molecule has 13 nitrogen and oxygen atoms in total. The molecule has 15 heteroatoms. The third kappa shape index (κ3) is 9.43. The highest BCUT2D eigenvalue weighted by Gasteiger charge is 2.32. The largest absolute Gasteiger partial charge is 0.481 e. The predicted octanol–water partition coefficient (Wildman–Crippen LogP) is 5.78. The van der Waals surface area contributed by atoms with Gasteiger partial charge < -0.3 is 42.3 Å². The van der Waals surface area contributed by atoms with E-state index in [1.54, 1.807) is 37.6 Å². The van der Waals surface area contributed by atoms with E-state index in [2.05, 4.69) is 54.4 Å². The average molecular weight is 818 g/mol. The van der Waals surface area contributed by atoms with Crippen LogP contribution in [0, 0.1) is 13.8 Å². The number of fused-ring (bicyclic) bond motifs is 6. The maximum atomic E-state index is 12.3. The number of likely N-dealkylation sites (N-methyl/N-ethyl adjacent to an activating group) is 2. The molecule has 0 spiro atoms. The first kappa shape index (κ1) is 43.6. The number of rotatable bonds is 16. The molecule has 306 valence electrons. The molecular weight excluding hydrogens is 763 g/mol. The van der Waals surface area contributed by atoms with Crippen molar-refractivity contribution in [1.29, 1.82) is 0 Å². The van der Waals surface area contributed by atoms with Crippen molar-refractivity contribution in [3.63, 3.8) is 0 Å². The Kier molecular flexibility index (Phi) is 14.0. The molecule has 0 saturated heterocycles. The monoisotopic (exact) mass is 817 g/mol. The van der Waals surface area contributed by atoms with Crippen molar-refractivity contribution in [2.75, 3.05) is 25.6 Å². The highest BCUT2D eigenvalue weighted by Crippen LogP contribution is 2.46. The van der Waals surface area contributed by atoms with Crippen molar-refractivity contribution in [1.82, 2.24) is 20.6 Å². The highest BCUT2D eigenvalue weighted by molar-refractivity contribution is 7.99. The summed E-state index contributed by atoms with van der Waals surface area (Å²) < 4.78 is 0. The summed E-state index contributed by atoms with van der Waals surface area (Å²) in [4.78, 5) is 60.8. The fraction of sp³-hybridized carbons (Fsp3) is 0.452. The second kappa shape index (κ2) is 18.3. The molecule has 0 fully saturated rings. The SMILES string of the molecule is CNC(=O)[C@@H](N)CS[C@H](C)c1c2[nH]c(c1C)Cc1[nH]c(c(C)c1[C@@H](C)SC[C@H](N)C(=O)NC)C=C1C(C)=C(CCC(=O)O)/C1=C\C1=NC(=C2)C(C)=C1CCC(=O)O. The van der Waals surface area contributed by atoms with E-state index in [-0.39, 0.29) is 41.6 Å². The number of nitrogens with zero attached hydrogens (tertiary/aromatic N) is 1. The van der Waals surface area contributed by atoms with Gasteiger partial charge in [0.05, 0.1) is 23.5 Å². The third-order valence-electron chi connectivity index (χ3n) is 11.1. The number of carboxylic acid groups (broad SMARTS) is 2. The predicted molar refractivity (Wildman–Crippen MR) is 230 cm³/mol. The van der Waals surface area contributed by atoms with Crippen molar-refractivity contribution >= 4 is 65.1 Å². The van der Waals surface area contributed by atoms with E-state index in [1.807, 2.05) is 26.0 Å². The van der Waals surface area contributed by atoms with E-state index < -0.39 is 24.0 Å². The molecule has 5 rings (SSSR count). The highest BCUT2D eigenvalue weighted by atomic mass is 32.2. The van der Waals surface area contributed by atoms with Crippen LogP contribution in [-0.2, 0) is 25.6 Å². The molecule has 1 aliphatic carbocycles. The summed E-state index contributed by atoms with van der Waals surface area (Å²) in [5, 5.41) is 24.5. The number of amides is 2. The van der Waals surface area contributed by atoms with Crippen LogP contribution in [-0.4, -0.2) is 87.3 Å². The first-order valence-corrected chi connectivity index (χ1v) is 21.3. The van der Waals surface area contributed by atoms with Gasteiger partial charge in [-0.15, -0.1) is 0 Å². The lowest BCUT2D eigenvalue weighted by molar-refractivity contribution is -0.137. The molecule has 3 aliphatic rings. The standard InChI is InChI=1S/C42H55N7O6S2/c1-19-25(9-11-37(50)51)28-14-34-26(10-12-38(52)53)20(2)32(47-34)15-35-40(24(6)57-18-30(44)42(55)46-8)22(4)33(49-35)16-36-39(21(3)31(48-36)13-27(19)28)23(5)56-17-29(43)41(54)45-7/h13-15,23-24,29-30,48-49H,9-12,16-18,43-44H2,1-8H3,(H,45,54)(H,46,55)(H,50,51)(H,52,53)/b27-13?,28-14+,32-15?/t23-,24-,29+,30+/m1/s1. The number of thioether (sulfide) groups is 2. The molecule has 0 aromatic carbocycles.